The molecule has 0 radical (unpaired) electrons. The molecule has 0 bridgehead atoms. The van der Waals surface area contributed by atoms with Crippen molar-refractivity contribution in [3.05, 3.63) is 561 Å². The van der Waals surface area contributed by atoms with Gasteiger partial charge in [-0.25, -0.2) is 0 Å². The third kappa shape index (κ3) is 15.1. The summed E-state index contributed by atoms with van der Waals surface area (Å²) in [5.41, 5.74) is 24.7. The summed E-state index contributed by atoms with van der Waals surface area (Å²) >= 11 is 0. The highest BCUT2D eigenvalue weighted by molar-refractivity contribution is 6.20. The summed E-state index contributed by atoms with van der Waals surface area (Å²) in [6, 6.07) is 148. The smallest absolute Gasteiger partial charge is 0.193 e. The maximum Gasteiger partial charge on any atom is 0.193 e. The van der Waals surface area contributed by atoms with Crippen LogP contribution in [0.1, 0.15) is 170 Å². The molecule has 0 unspecified atom stereocenters. The molecule has 6 heterocycles. The third-order valence-electron chi connectivity index (χ3n) is 30.4. The molecule has 15 heteroatoms. The highest BCUT2D eigenvalue weighted by Gasteiger charge is 2.43. The summed E-state index contributed by atoms with van der Waals surface area (Å²) in [6.07, 6.45) is 0. The number of rotatable bonds is 19. The van der Waals surface area contributed by atoms with Crippen LogP contribution in [0.15, 0.2) is 461 Å². The minimum Gasteiger partial charge on any atom is -0.453 e. The lowest BCUT2D eigenvalue weighted by Gasteiger charge is -2.42. The fourth-order valence-corrected chi connectivity index (χ4v) is 23.0. The molecule has 6 aliphatic heterocycles. The minimum atomic E-state index is -0.597. The van der Waals surface area contributed by atoms with Crippen LogP contribution < -0.4 is 43.6 Å². The highest BCUT2D eigenvalue weighted by atomic mass is 16.5. The molecule has 0 fully saturated rings. The van der Waals surface area contributed by atoms with Crippen molar-refractivity contribution in [2.24, 2.45) is 0 Å². The lowest BCUT2D eigenvalue weighted by Crippen LogP contribution is -2.30. The average molecular weight is 1940 g/mol. The van der Waals surface area contributed by atoms with Gasteiger partial charge in [-0.05, 0) is 269 Å². The number of benzene rings is 20. The number of ketones is 6. The molecule has 26 rings (SSSR count). The van der Waals surface area contributed by atoms with E-state index in [9.17, 15) is 0 Å². The predicted octanol–water partition coefficient (Wildman–Crippen LogP) is 33.8. The van der Waals surface area contributed by atoms with Gasteiger partial charge in [-0.1, -0.05) is 278 Å². The van der Waals surface area contributed by atoms with E-state index in [0.29, 0.717) is 96.4 Å². The second-order valence-electron chi connectivity index (χ2n) is 40.4. The van der Waals surface area contributed by atoms with E-state index < -0.39 is 28.5 Å². The first-order chi connectivity index (χ1) is 73.1. The third-order valence-corrected chi connectivity index (χ3v) is 30.4. The van der Waals surface area contributed by atoms with Gasteiger partial charge in [0, 0.05) is 117 Å². The van der Waals surface area contributed by atoms with E-state index in [2.05, 4.69) is 192 Å². The Kier molecular flexibility index (Phi) is 21.5. The monoisotopic (exact) mass is 1940 g/mol. The number of carbonyl (C=O) groups is 6. The molecule has 0 saturated carbocycles. The van der Waals surface area contributed by atoms with Gasteiger partial charge in [0.15, 0.2) is 69.2 Å². The zero-order valence-electron chi connectivity index (χ0n) is 82.7. The summed E-state index contributed by atoms with van der Waals surface area (Å²) in [5, 5.41) is 0. The van der Waals surface area contributed by atoms with Crippen molar-refractivity contribution < 1.29 is 43.0 Å². The first-order valence-corrected chi connectivity index (χ1v) is 50.4. The number of fused-ring (bicyclic) bond motifs is 12. The van der Waals surface area contributed by atoms with Crippen molar-refractivity contribution in [3.63, 3.8) is 0 Å². The SMILES string of the molecule is CC1(C)c2ccccc2N(c2cccc(C(=O)c3cc(C(=O)c4cccc(N5c6ccccc6C(C)(C)c6ccccc65)c4)cc(C(=O)c4cccc(N5c6ccccc6C(C)(C)c6cc(-c7ccc8c(c7)N(c7cccc(C(=O)c9cc(C(=O)c%10cccc(N%11c%12ccccc%12Oc%12ccccc%12%11)c%10)cc(C(=O)c%10cccc(N%11c%12ccccc%12Oc%12ccccc%12%11)c%10)c9)c7)c7ccccc7O8)ccc65)c4)c3)c2)c2ccccc21. The van der Waals surface area contributed by atoms with Crippen LogP contribution in [0.5, 0.6) is 34.5 Å². The van der Waals surface area contributed by atoms with Crippen molar-refractivity contribution in [2.75, 3.05) is 29.4 Å². The average Bonchev–Trinajstić information content (AvgIpc) is 0.624. The fraction of sp³-hybridized carbons (Fsp3) is 0.0667. The molecule has 718 valence electrons. The maximum atomic E-state index is 16.2. The first kappa shape index (κ1) is 90.6. The summed E-state index contributed by atoms with van der Waals surface area (Å²) in [6.45, 7) is 13.4. The number of hydrogen-bond donors (Lipinski definition) is 0. The summed E-state index contributed by atoms with van der Waals surface area (Å²) < 4.78 is 19.6. The first-order valence-electron chi connectivity index (χ1n) is 50.4. The van der Waals surface area contributed by atoms with E-state index in [1.54, 1.807) is 72.8 Å². The van der Waals surface area contributed by atoms with Crippen molar-refractivity contribution >= 4 is 137 Å². The molecule has 0 amide bonds. The van der Waals surface area contributed by atoms with Crippen molar-refractivity contribution in [1.29, 1.82) is 0 Å². The van der Waals surface area contributed by atoms with E-state index in [1.165, 1.54) is 0 Å². The number of carbonyl (C=O) groups excluding carboxylic acids is 6. The van der Waals surface area contributed by atoms with Crippen LogP contribution in [0.3, 0.4) is 0 Å². The molecule has 0 aliphatic carbocycles. The Labute approximate surface area is 868 Å². The van der Waals surface area contributed by atoms with Gasteiger partial charge in [-0.2, -0.15) is 0 Å². The minimum absolute atomic E-state index is 0.118. The summed E-state index contributed by atoms with van der Waals surface area (Å²) in [7, 11) is 0. The number of anilines is 18. The lowest BCUT2D eigenvalue weighted by atomic mass is 9.73. The Balaban J connectivity index is 0.544. The quantitative estimate of drug-likeness (QED) is 0.0706. The molecule has 20 aromatic rings. The Morgan fingerprint density at radius 2 is 0.340 bits per heavy atom. The Bertz CT molecular complexity index is 8600. The number of hydrogen-bond acceptors (Lipinski definition) is 15. The normalized spacial score (nSPS) is 13.9. The van der Waals surface area contributed by atoms with Gasteiger partial charge in [0.2, 0.25) is 0 Å². The van der Waals surface area contributed by atoms with Crippen LogP contribution in [0, 0.1) is 0 Å². The molecule has 0 atom stereocenters. The van der Waals surface area contributed by atoms with Crippen LogP contribution in [0.4, 0.5) is 102 Å². The van der Waals surface area contributed by atoms with E-state index in [0.717, 1.165) is 113 Å². The molecule has 15 nitrogen and oxygen atoms in total. The molecule has 0 aromatic heterocycles. The van der Waals surface area contributed by atoms with Crippen LogP contribution >= 0.6 is 0 Å². The van der Waals surface area contributed by atoms with Crippen molar-refractivity contribution in [3.8, 4) is 45.6 Å². The van der Waals surface area contributed by atoms with Crippen LogP contribution in [0.25, 0.3) is 11.1 Å². The van der Waals surface area contributed by atoms with Gasteiger partial charge in [0.25, 0.3) is 0 Å². The van der Waals surface area contributed by atoms with Crippen LogP contribution in [-0.4, -0.2) is 34.7 Å². The van der Waals surface area contributed by atoms with Gasteiger partial charge in [-0.15, -0.1) is 0 Å². The molecule has 0 spiro atoms. The standard InChI is InChI=1S/C135H94N6O9/c1-133(2)103-45-7-12-50-109(103)136(110-51-13-8-46-104(110)133)97-39-27-33-85(75-97)127(142)91-69-92(128(143)86-34-28-40-98(76-86)137-111-52-14-9-47-105(111)134(3,4)106-48-10-15-53-112(106)137)71-93(70-91)129(144)87-35-29-41-99(77-87)138-113-54-16-11-49-107(113)135(5,6)108-81-83(65-67-114(108)138)84-66-68-126-120(82-84)141(119-59-21-26-64-125(119)150-126)102-44-32-38-90(80-102)132(147)96-73-94(130(145)88-36-30-42-100(78-88)139-115-55-17-22-60-121(115)148-122-61-23-18-56-116(122)139)72-95(74-96)131(146)89-37-31-43-101(79-89)140-117-57-19-24-62-123(117)149-124-63-25-20-58-118(124)140/h7-82H,1-6H3. The summed E-state index contributed by atoms with van der Waals surface area (Å²) in [5.74, 6) is 1.37. The molecule has 20 aromatic carbocycles. The Morgan fingerprint density at radius 3 is 0.593 bits per heavy atom. The summed E-state index contributed by atoms with van der Waals surface area (Å²) in [4.78, 5) is 108. The highest BCUT2D eigenvalue weighted by Crippen LogP contribution is 2.60. The molecule has 0 saturated heterocycles. The molecule has 0 N–H and O–H groups in total. The number of para-hydroxylation sites is 15. The van der Waals surface area contributed by atoms with Crippen LogP contribution in [-0.2, 0) is 16.2 Å². The molecule has 6 aliphatic rings. The molecular weight excluding hydrogens is 1850 g/mol. The van der Waals surface area contributed by atoms with E-state index in [1.807, 2.05) is 267 Å². The van der Waals surface area contributed by atoms with E-state index in [-0.39, 0.29) is 61.3 Å². The lowest BCUT2D eigenvalue weighted by molar-refractivity contribution is 0.101. The zero-order valence-corrected chi connectivity index (χ0v) is 82.7. The second-order valence-corrected chi connectivity index (χ2v) is 40.4. The maximum absolute atomic E-state index is 16.2. The van der Waals surface area contributed by atoms with Gasteiger partial charge in [0.05, 0.1) is 68.2 Å². The van der Waals surface area contributed by atoms with Crippen molar-refractivity contribution in [2.45, 2.75) is 57.8 Å². The second kappa shape index (κ2) is 35.5. The number of ether oxygens (including phenoxy) is 3. The van der Waals surface area contributed by atoms with Gasteiger partial charge < -0.3 is 43.6 Å². The van der Waals surface area contributed by atoms with Gasteiger partial charge in [-0.3, -0.25) is 28.8 Å². The van der Waals surface area contributed by atoms with Gasteiger partial charge >= 0.3 is 0 Å². The Hall–Kier alpha value is -19.4. The van der Waals surface area contributed by atoms with Crippen molar-refractivity contribution in [1.82, 2.24) is 0 Å². The van der Waals surface area contributed by atoms with E-state index in [4.69, 9.17) is 14.2 Å². The predicted molar refractivity (Wildman–Crippen MR) is 596 cm³/mol. The van der Waals surface area contributed by atoms with E-state index >= 15 is 28.8 Å². The Morgan fingerprint density at radius 1 is 0.153 bits per heavy atom. The molecular formula is C135H94N6O9. The van der Waals surface area contributed by atoms with Crippen LogP contribution in [0.2, 0.25) is 0 Å². The molecule has 150 heavy (non-hydrogen) atoms. The number of nitrogens with zero attached hydrogens (tertiary/aromatic N) is 6. The van der Waals surface area contributed by atoms with Gasteiger partial charge in [0.1, 0.15) is 0 Å². The topological polar surface area (TPSA) is 150 Å². The largest absolute Gasteiger partial charge is 0.453 e. The zero-order chi connectivity index (χ0) is 102. The fourth-order valence-electron chi connectivity index (χ4n) is 23.0.